The van der Waals surface area contributed by atoms with Gasteiger partial charge in [0.1, 0.15) is 6.54 Å². The van der Waals surface area contributed by atoms with Gasteiger partial charge in [0.15, 0.2) is 0 Å². The Morgan fingerprint density at radius 2 is 2.19 bits per heavy atom. The van der Waals surface area contributed by atoms with E-state index in [1.807, 2.05) is 0 Å². The Morgan fingerprint density at radius 3 is 2.71 bits per heavy atom. The molecule has 0 aliphatic heterocycles. The summed E-state index contributed by atoms with van der Waals surface area (Å²) in [6, 6.07) is 1.30. The number of hydrogen-bond donors (Lipinski definition) is 1. The Labute approximate surface area is 124 Å². The minimum atomic E-state index is -4.38. The molecule has 0 atom stereocenters. The van der Waals surface area contributed by atoms with Gasteiger partial charge in [0.05, 0.1) is 16.3 Å². The van der Waals surface area contributed by atoms with Crippen LogP contribution in [-0.2, 0) is 0 Å². The molecule has 0 aromatic carbocycles. The Kier molecular flexibility index (Phi) is 4.59. The number of amides is 1. The van der Waals surface area contributed by atoms with Crippen LogP contribution in [-0.4, -0.2) is 36.1 Å². The molecule has 0 spiro atoms. The van der Waals surface area contributed by atoms with Gasteiger partial charge < -0.3 is 10.6 Å². The van der Waals surface area contributed by atoms with Crippen molar-refractivity contribution in [3.8, 4) is 11.8 Å². The smallest absolute Gasteiger partial charge is 0.326 e. The largest absolute Gasteiger partial charge is 0.406 e. The zero-order valence-corrected chi connectivity index (χ0v) is 12.3. The highest BCUT2D eigenvalue weighted by molar-refractivity contribution is 7.14. The molecule has 2 rings (SSSR count). The number of carbonyl (C=O) groups is 1. The molecule has 1 aliphatic carbocycles. The topological polar surface area (TPSA) is 46.3 Å². The number of rotatable bonds is 3. The highest BCUT2D eigenvalue weighted by Gasteiger charge is 2.41. The van der Waals surface area contributed by atoms with E-state index in [-0.39, 0.29) is 12.6 Å². The third-order valence-electron chi connectivity index (χ3n) is 3.03. The number of hydrogen-bond acceptors (Lipinski definition) is 3. The van der Waals surface area contributed by atoms with E-state index in [0.29, 0.717) is 22.6 Å². The Hall–Kier alpha value is -1.52. The lowest BCUT2D eigenvalue weighted by Crippen LogP contribution is -2.40. The van der Waals surface area contributed by atoms with Gasteiger partial charge in [-0.25, -0.2) is 0 Å². The summed E-state index contributed by atoms with van der Waals surface area (Å²) in [7, 11) is 0. The fraction of sp³-hybridized carbons (Fsp3) is 0.500. The maximum atomic E-state index is 12.6. The van der Waals surface area contributed by atoms with E-state index in [4.69, 9.17) is 5.73 Å². The average molecular weight is 316 g/mol. The van der Waals surface area contributed by atoms with Gasteiger partial charge in [-0.2, -0.15) is 13.2 Å². The summed E-state index contributed by atoms with van der Waals surface area (Å²) in [5, 5.41) is 0. The summed E-state index contributed by atoms with van der Waals surface area (Å²) in [5.74, 6) is 4.95. The lowest BCUT2D eigenvalue weighted by Gasteiger charge is -2.23. The summed E-state index contributed by atoms with van der Waals surface area (Å²) in [5.41, 5.74) is 6.07. The Balaban J connectivity index is 2.21. The Bertz CT molecular complexity index is 594. The number of nitrogens with zero attached hydrogens (tertiary/aromatic N) is 1. The standard InChI is InChI=1S/C14H15F3N2OS/c1-9-7-12(21-11(9)3-2-6-18)13(20)19(10-4-5-10)8-14(15,16)17/h7,10H,4-6,8,18H2,1H3. The van der Waals surface area contributed by atoms with E-state index >= 15 is 0 Å². The van der Waals surface area contributed by atoms with Crippen LogP contribution in [0.2, 0.25) is 0 Å². The van der Waals surface area contributed by atoms with Gasteiger partial charge in [0.25, 0.3) is 5.91 Å². The first-order chi connectivity index (χ1) is 9.81. The summed E-state index contributed by atoms with van der Waals surface area (Å²) >= 11 is 1.12. The van der Waals surface area contributed by atoms with Gasteiger partial charge in [-0.15, -0.1) is 11.3 Å². The predicted molar refractivity (Wildman–Crippen MR) is 75.1 cm³/mol. The van der Waals surface area contributed by atoms with Crippen molar-refractivity contribution in [1.29, 1.82) is 0 Å². The van der Waals surface area contributed by atoms with Crippen molar-refractivity contribution in [3.63, 3.8) is 0 Å². The highest BCUT2D eigenvalue weighted by Crippen LogP contribution is 2.33. The van der Waals surface area contributed by atoms with Crippen LogP contribution in [0.15, 0.2) is 6.07 Å². The normalized spacial score (nSPS) is 14.5. The van der Waals surface area contributed by atoms with Crippen LogP contribution in [0.1, 0.15) is 33.0 Å². The van der Waals surface area contributed by atoms with Crippen LogP contribution >= 0.6 is 11.3 Å². The molecule has 0 radical (unpaired) electrons. The number of alkyl halides is 3. The highest BCUT2D eigenvalue weighted by atomic mass is 32.1. The van der Waals surface area contributed by atoms with Crippen LogP contribution < -0.4 is 5.73 Å². The fourth-order valence-electron chi connectivity index (χ4n) is 1.93. The van der Waals surface area contributed by atoms with E-state index < -0.39 is 18.6 Å². The van der Waals surface area contributed by atoms with Crippen molar-refractivity contribution in [2.24, 2.45) is 5.73 Å². The Morgan fingerprint density at radius 1 is 1.52 bits per heavy atom. The molecular weight excluding hydrogens is 301 g/mol. The molecule has 1 fully saturated rings. The van der Waals surface area contributed by atoms with Gasteiger partial charge in [-0.3, -0.25) is 4.79 Å². The molecule has 2 N–H and O–H groups in total. The third kappa shape index (κ3) is 4.22. The number of nitrogens with two attached hydrogens (primary N) is 1. The van der Waals surface area contributed by atoms with Crippen LogP contribution in [0.25, 0.3) is 0 Å². The molecule has 114 valence electrons. The second-order valence-electron chi connectivity index (χ2n) is 4.91. The SMILES string of the molecule is Cc1cc(C(=O)N(CC(F)(F)F)C2CC2)sc1C#CCN. The van der Waals surface area contributed by atoms with Gasteiger partial charge in [0, 0.05) is 6.04 Å². The second-order valence-corrected chi connectivity index (χ2v) is 5.96. The van der Waals surface area contributed by atoms with Crippen molar-refractivity contribution in [2.75, 3.05) is 13.1 Å². The molecule has 0 unspecified atom stereocenters. The molecule has 1 aromatic rings. The van der Waals surface area contributed by atoms with E-state index in [9.17, 15) is 18.0 Å². The van der Waals surface area contributed by atoms with E-state index in [1.54, 1.807) is 13.0 Å². The molecule has 1 aliphatic rings. The van der Waals surface area contributed by atoms with Crippen molar-refractivity contribution >= 4 is 17.2 Å². The van der Waals surface area contributed by atoms with E-state index in [1.165, 1.54) is 0 Å². The van der Waals surface area contributed by atoms with Crippen molar-refractivity contribution < 1.29 is 18.0 Å². The van der Waals surface area contributed by atoms with Crippen molar-refractivity contribution in [1.82, 2.24) is 4.90 Å². The summed E-state index contributed by atoms with van der Waals surface area (Å²) < 4.78 is 37.8. The van der Waals surface area contributed by atoms with Crippen LogP contribution in [0.5, 0.6) is 0 Å². The van der Waals surface area contributed by atoms with Crippen molar-refractivity contribution in [3.05, 3.63) is 21.4 Å². The summed E-state index contributed by atoms with van der Waals surface area (Å²) in [6.07, 6.45) is -3.12. The molecule has 1 amide bonds. The quantitative estimate of drug-likeness (QED) is 0.871. The molecule has 1 heterocycles. The summed E-state index contributed by atoms with van der Waals surface area (Å²) in [4.78, 5) is 14.2. The third-order valence-corrected chi connectivity index (χ3v) is 4.17. The lowest BCUT2D eigenvalue weighted by molar-refractivity contribution is -0.141. The first kappa shape index (κ1) is 15.9. The predicted octanol–water partition coefficient (Wildman–Crippen LogP) is 2.53. The molecule has 21 heavy (non-hydrogen) atoms. The summed E-state index contributed by atoms with van der Waals surface area (Å²) in [6.45, 7) is 0.777. The zero-order valence-electron chi connectivity index (χ0n) is 11.5. The van der Waals surface area contributed by atoms with Crippen LogP contribution in [0, 0.1) is 18.8 Å². The number of thiophene rings is 1. The second kappa shape index (κ2) is 6.08. The number of carbonyl (C=O) groups excluding carboxylic acids is 1. The molecule has 1 aromatic heterocycles. The maximum Gasteiger partial charge on any atom is 0.406 e. The van der Waals surface area contributed by atoms with Crippen LogP contribution in [0.3, 0.4) is 0 Å². The first-order valence-corrected chi connectivity index (χ1v) is 7.30. The van der Waals surface area contributed by atoms with Gasteiger partial charge in [-0.1, -0.05) is 11.8 Å². The molecule has 3 nitrogen and oxygen atoms in total. The van der Waals surface area contributed by atoms with Gasteiger partial charge >= 0.3 is 6.18 Å². The van der Waals surface area contributed by atoms with Gasteiger partial charge in [-0.05, 0) is 31.4 Å². The van der Waals surface area contributed by atoms with Crippen LogP contribution in [0.4, 0.5) is 13.2 Å². The average Bonchev–Trinajstić information content (AvgIpc) is 3.16. The van der Waals surface area contributed by atoms with Crippen molar-refractivity contribution in [2.45, 2.75) is 32.0 Å². The van der Waals surface area contributed by atoms with E-state index in [2.05, 4.69) is 11.8 Å². The fourth-order valence-corrected chi connectivity index (χ4v) is 2.93. The number of halogens is 3. The minimum Gasteiger partial charge on any atom is -0.326 e. The zero-order chi connectivity index (χ0) is 15.6. The lowest BCUT2D eigenvalue weighted by atomic mass is 10.2. The van der Waals surface area contributed by atoms with Gasteiger partial charge in [0.2, 0.25) is 0 Å². The number of aryl methyl sites for hydroxylation is 1. The first-order valence-electron chi connectivity index (χ1n) is 6.49. The monoisotopic (exact) mass is 316 g/mol. The van der Waals surface area contributed by atoms with E-state index in [0.717, 1.165) is 21.8 Å². The maximum absolute atomic E-state index is 12.6. The minimum absolute atomic E-state index is 0.197. The molecular formula is C14H15F3N2OS. The molecule has 0 bridgehead atoms. The molecule has 0 saturated heterocycles. The molecule has 1 saturated carbocycles. The molecule has 7 heteroatoms.